The third-order valence-electron chi connectivity index (χ3n) is 6.25. The van der Waals surface area contributed by atoms with Crippen LogP contribution >= 0.6 is 0 Å². The summed E-state index contributed by atoms with van der Waals surface area (Å²) in [5, 5.41) is 11.6. The number of fused-ring (bicyclic) bond motifs is 1. The normalized spacial score (nSPS) is 28.5. The van der Waals surface area contributed by atoms with Crippen LogP contribution in [-0.2, 0) is 5.60 Å². The predicted molar refractivity (Wildman–Crippen MR) is 101 cm³/mol. The van der Waals surface area contributed by atoms with Gasteiger partial charge in [0.15, 0.2) is 0 Å². The number of amides is 1. The second-order valence-electron chi connectivity index (χ2n) is 7.63. The van der Waals surface area contributed by atoms with Gasteiger partial charge >= 0.3 is 0 Å². The first-order chi connectivity index (χ1) is 12.6. The molecule has 1 unspecified atom stereocenters. The van der Waals surface area contributed by atoms with Crippen molar-refractivity contribution in [1.29, 1.82) is 0 Å². The molecular weight excluding hydrogens is 324 g/mol. The molecule has 1 aromatic carbocycles. The van der Waals surface area contributed by atoms with E-state index < -0.39 is 5.60 Å². The second-order valence-corrected chi connectivity index (χ2v) is 7.63. The van der Waals surface area contributed by atoms with Gasteiger partial charge in [-0.1, -0.05) is 43.2 Å². The van der Waals surface area contributed by atoms with Gasteiger partial charge in [0.25, 0.3) is 5.91 Å². The van der Waals surface area contributed by atoms with E-state index in [1.54, 1.807) is 6.20 Å². The largest absolute Gasteiger partial charge is 0.385 e. The number of aromatic nitrogens is 1. The molecular formula is C22H26N2O2. The minimum absolute atomic E-state index is 0.0580. The zero-order valence-electron chi connectivity index (χ0n) is 15.3. The highest BCUT2D eigenvalue weighted by Gasteiger charge is 2.50. The van der Waals surface area contributed by atoms with Crippen LogP contribution < -0.4 is 0 Å². The minimum Gasteiger partial charge on any atom is -0.385 e. The average molecular weight is 350 g/mol. The molecule has 1 saturated carbocycles. The van der Waals surface area contributed by atoms with E-state index in [0.29, 0.717) is 18.5 Å². The molecule has 1 amide bonds. The first kappa shape index (κ1) is 17.2. The van der Waals surface area contributed by atoms with E-state index in [1.165, 1.54) is 0 Å². The Morgan fingerprint density at radius 2 is 1.92 bits per heavy atom. The maximum Gasteiger partial charge on any atom is 0.255 e. The van der Waals surface area contributed by atoms with Gasteiger partial charge in [0, 0.05) is 30.4 Å². The highest BCUT2D eigenvalue weighted by atomic mass is 16.3. The summed E-state index contributed by atoms with van der Waals surface area (Å²) in [5.74, 6) is 0.149. The maximum atomic E-state index is 13.2. The number of rotatable bonds is 2. The summed E-state index contributed by atoms with van der Waals surface area (Å²) in [5.41, 5.74) is 1.60. The van der Waals surface area contributed by atoms with Crippen molar-refractivity contribution < 1.29 is 9.90 Å². The fourth-order valence-corrected chi connectivity index (χ4v) is 4.89. The zero-order chi connectivity index (χ0) is 18.1. The van der Waals surface area contributed by atoms with Crippen LogP contribution in [0.25, 0.3) is 0 Å². The Balaban J connectivity index is 1.67. The second kappa shape index (κ2) is 6.84. The van der Waals surface area contributed by atoms with Crippen molar-refractivity contribution in [2.24, 2.45) is 5.92 Å². The fraction of sp³-hybridized carbons (Fsp3) is 0.455. The molecule has 2 fully saturated rings. The Labute approximate surface area is 154 Å². The maximum absolute atomic E-state index is 13.2. The molecule has 0 spiro atoms. The smallest absolute Gasteiger partial charge is 0.255 e. The summed E-state index contributed by atoms with van der Waals surface area (Å²) in [6.07, 6.45) is 6.46. The van der Waals surface area contributed by atoms with Crippen molar-refractivity contribution in [2.45, 2.75) is 50.7 Å². The number of nitrogens with zero attached hydrogens (tertiary/aromatic N) is 2. The molecule has 4 rings (SSSR count). The molecule has 2 heterocycles. The minimum atomic E-state index is -0.840. The molecule has 2 aliphatic rings. The van der Waals surface area contributed by atoms with Crippen LogP contribution in [0, 0.1) is 12.8 Å². The van der Waals surface area contributed by atoms with Crippen LogP contribution in [0.15, 0.2) is 48.7 Å². The number of aliphatic hydroxyl groups is 1. The molecule has 136 valence electrons. The van der Waals surface area contributed by atoms with Crippen molar-refractivity contribution in [3.05, 3.63) is 65.5 Å². The van der Waals surface area contributed by atoms with E-state index in [9.17, 15) is 9.90 Å². The van der Waals surface area contributed by atoms with Crippen LogP contribution in [0.1, 0.15) is 53.7 Å². The van der Waals surface area contributed by atoms with Crippen LogP contribution in [0.5, 0.6) is 0 Å². The quantitative estimate of drug-likeness (QED) is 0.899. The molecule has 2 aromatic rings. The molecule has 0 bridgehead atoms. The van der Waals surface area contributed by atoms with E-state index in [1.807, 2.05) is 54.3 Å². The Bertz CT molecular complexity index is 792. The van der Waals surface area contributed by atoms with Gasteiger partial charge in [-0.25, -0.2) is 0 Å². The van der Waals surface area contributed by atoms with E-state index in [2.05, 4.69) is 4.98 Å². The molecule has 0 radical (unpaired) electrons. The number of carbonyl (C=O) groups is 1. The first-order valence-corrected chi connectivity index (χ1v) is 9.62. The molecule has 1 N–H and O–H groups in total. The summed E-state index contributed by atoms with van der Waals surface area (Å²) >= 11 is 0. The Morgan fingerprint density at radius 3 is 2.69 bits per heavy atom. The number of piperidine rings is 1. The predicted octanol–water partition coefficient (Wildman–Crippen LogP) is 3.68. The molecule has 26 heavy (non-hydrogen) atoms. The van der Waals surface area contributed by atoms with Gasteiger partial charge < -0.3 is 10.0 Å². The molecule has 1 aliphatic carbocycles. The van der Waals surface area contributed by atoms with E-state index >= 15 is 0 Å². The number of hydrogen-bond donors (Lipinski definition) is 1. The summed E-state index contributed by atoms with van der Waals surface area (Å²) < 4.78 is 0. The van der Waals surface area contributed by atoms with Crippen molar-refractivity contribution in [2.75, 3.05) is 6.54 Å². The lowest BCUT2D eigenvalue weighted by atomic mass is 9.66. The van der Waals surface area contributed by atoms with Crippen LogP contribution in [0.3, 0.4) is 0 Å². The number of benzene rings is 1. The Hall–Kier alpha value is -2.20. The molecule has 1 aromatic heterocycles. The SMILES string of the molecule is Cc1ncccc1C(=O)N1CCC(O)(c2ccccc2)[C@@H]2CCCC[C@@H]21. The van der Waals surface area contributed by atoms with Gasteiger partial charge in [-0.3, -0.25) is 9.78 Å². The van der Waals surface area contributed by atoms with Gasteiger partial charge in [0.2, 0.25) is 0 Å². The van der Waals surface area contributed by atoms with Gasteiger partial charge in [-0.2, -0.15) is 0 Å². The Morgan fingerprint density at radius 1 is 1.15 bits per heavy atom. The van der Waals surface area contributed by atoms with Crippen LogP contribution in [-0.4, -0.2) is 33.5 Å². The highest BCUT2D eigenvalue weighted by Crippen LogP contribution is 2.47. The number of hydrogen-bond acceptors (Lipinski definition) is 3. The topological polar surface area (TPSA) is 53.4 Å². The molecule has 1 saturated heterocycles. The lowest BCUT2D eigenvalue weighted by Crippen LogP contribution is -2.59. The van der Waals surface area contributed by atoms with Crippen LogP contribution in [0.2, 0.25) is 0 Å². The Kier molecular flexibility index (Phi) is 4.53. The van der Waals surface area contributed by atoms with Crippen molar-refractivity contribution in [3.8, 4) is 0 Å². The van der Waals surface area contributed by atoms with E-state index in [4.69, 9.17) is 0 Å². The van der Waals surface area contributed by atoms with Gasteiger partial charge in [-0.15, -0.1) is 0 Å². The number of likely N-dealkylation sites (tertiary alicyclic amines) is 1. The third-order valence-corrected chi connectivity index (χ3v) is 6.25. The fourth-order valence-electron chi connectivity index (χ4n) is 4.89. The monoisotopic (exact) mass is 350 g/mol. The lowest BCUT2D eigenvalue weighted by Gasteiger charge is -2.52. The molecule has 1 aliphatic heterocycles. The summed E-state index contributed by atoms with van der Waals surface area (Å²) in [7, 11) is 0. The summed E-state index contributed by atoms with van der Waals surface area (Å²) in [6, 6.07) is 13.8. The lowest BCUT2D eigenvalue weighted by molar-refractivity contribution is -0.110. The van der Waals surface area contributed by atoms with Gasteiger partial charge in [0.05, 0.1) is 11.2 Å². The number of aryl methyl sites for hydroxylation is 1. The van der Waals surface area contributed by atoms with Crippen molar-refractivity contribution in [1.82, 2.24) is 9.88 Å². The van der Waals surface area contributed by atoms with Crippen molar-refractivity contribution in [3.63, 3.8) is 0 Å². The average Bonchev–Trinajstić information content (AvgIpc) is 2.69. The summed E-state index contributed by atoms with van der Waals surface area (Å²) in [4.78, 5) is 19.5. The van der Waals surface area contributed by atoms with E-state index in [-0.39, 0.29) is 17.9 Å². The zero-order valence-corrected chi connectivity index (χ0v) is 15.3. The first-order valence-electron chi connectivity index (χ1n) is 9.62. The number of carbonyl (C=O) groups excluding carboxylic acids is 1. The van der Waals surface area contributed by atoms with Crippen LogP contribution in [0.4, 0.5) is 0 Å². The number of pyridine rings is 1. The molecule has 4 heteroatoms. The van der Waals surface area contributed by atoms with Gasteiger partial charge in [-0.05, 0) is 43.9 Å². The van der Waals surface area contributed by atoms with Gasteiger partial charge in [0.1, 0.15) is 0 Å². The van der Waals surface area contributed by atoms with E-state index in [0.717, 1.165) is 36.9 Å². The highest BCUT2D eigenvalue weighted by molar-refractivity contribution is 5.95. The van der Waals surface area contributed by atoms with Crippen molar-refractivity contribution >= 4 is 5.91 Å². The third kappa shape index (κ3) is 2.82. The standard InChI is InChI=1S/C22H26N2O2/c1-16-18(10-7-14-23-16)21(25)24-15-13-22(26,17-8-3-2-4-9-17)19-11-5-6-12-20(19)24/h2-4,7-10,14,19-20,26H,5-6,11-13,15H2,1H3/t19-,20+,22?/m1/s1. The molecule has 4 nitrogen and oxygen atoms in total. The summed E-state index contributed by atoms with van der Waals surface area (Å²) in [6.45, 7) is 2.47. The molecule has 3 atom stereocenters.